The molecule has 2 N–H and O–H groups in total. The van der Waals surface area contributed by atoms with Crippen LogP contribution in [0.3, 0.4) is 0 Å². The lowest BCUT2D eigenvalue weighted by Crippen LogP contribution is -2.41. The number of aliphatic imine (C=N–C) groups is 1. The van der Waals surface area contributed by atoms with Crippen molar-refractivity contribution < 1.29 is 9.90 Å². The Balaban J connectivity index is 1.60. The third-order valence-corrected chi connectivity index (χ3v) is 8.72. The van der Waals surface area contributed by atoms with Gasteiger partial charge in [-0.15, -0.1) is 5.10 Å². The first-order chi connectivity index (χ1) is 19.4. The van der Waals surface area contributed by atoms with Crippen molar-refractivity contribution in [1.29, 1.82) is 0 Å². The number of H-pyrrole nitrogens is 1. The molecule has 3 heterocycles. The van der Waals surface area contributed by atoms with Crippen LogP contribution in [0.4, 0.5) is 0 Å². The third kappa shape index (κ3) is 5.57. The van der Waals surface area contributed by atoms with Crippen LogP contribution in [-0.2, 0) is 23.2 Å². The number of aliphatic carboxylic acids is 1. The highest BCUT2D eigenvalue weighted by Crippen LogP contribution is 2.38. The molecular formula is C30H39N7O3. The lowest BCUT2D eigenvalue weighted by atomic mass is 9.76. The Bertz CT molecular complexity index is 1420. The average molecular weight is 546 g/mol. The number of aromatic nitrogens is 6. The second kappa shape index (κ2) is 12.1. The maximum absolute atomic E-state index is 14.3. The van der Waals surface area contributed by atoms with Gasteiger partial charge >= 0.3 is 11.7 Å². The molecule has 4 unspecified atom stereocenters. The van der Waals surface area contributed by atoms with Gasteiger partial charge in [0.2, 0.25) is 0 Å². The van der Waals surface area contributed by atoms with E-state index in [1.165, 1.54) is 0 Å². The predicted molar refractivity (Wildman–Crippen MR) is 153 cm³/mol. The van der Waals surface area contributed by atoms with Crippen LogP contribution in [0.2, 0.25) is 0 Å². The molecule has 1 aromatic carbocycles. The second-order valence-electron chi connectivity index (χ2n) is 11.4. The van der Waals surface area contributed by atoms with Crippen molar-refractivity contribution in [2.45, 2.75) is 89.6 Å². The summed E-state index contributed by atoms with van der Waals surface area (Å²) in [7, 11) is 0. The van der Waals surface area contributed by atoms with E-state index in [-0.39, 0.29) is 17.6 Å². The Morgan fingerprint density at radius 1 is 1.23 bits per heavy atom. The summed E-state index contributed by atoms with van der Waals surface area (Å²) < 4.78 is 3.66. The molecule has 2 aromatic heterocycles. The van der Waals surface area contributed by atoms with E-state index in [9.17, 15) is 14.7 Å². The number of carboxylic acids is 1. The van der Waals surface area contributed by atoms with Crippen molar-refractivity contribution in [3.63, 3.8) is 0 Å². The van der Waals surface area contributed by atoms with E-state index in [4.69, 9.17) is 0 Å². The number of carboxylic acid groups (broad SMARTS) is 1. The Kier molecular flexibility index (Phi) is 8.42. The number of aryl methyl sites for hydroxylation is 1. The van der Waals surface area contributed by atoms with Gasteiger partial charge in [-0.05, 0) is 60.1 Å². The first-order valence-corrected chi connectivity index (χ1v) is 14.5. The second-order valence-corrected chi connectivity index (χ2v) is 11.4. The topological polar surface area (TPSA) is 131 Å². The molecule has 0 amide bonds. The highest BCUT2D eigenvalue weighted by molar-refractivity contribution is 5.70. The van der Waals surface area contributed by atoms with Crippen LogP contribution in [0.15, 0.2) is 52.5 Å². The van der Waals surface area contributed by atoms with E-state index in [2.05, 4.69) is 57.7 Å². The maximum atomic E-state index is 14.3. The third-order valence-electron chi connectivity index (χ3n) is 8.72. The molecular weight excluding hydrogens is 506 g/mol. The van der Waals surface area contributed by atoms with Crippen molar-refractivity contribution in [2.24, 2.45) is 16.8 Å². The molecule has 10 nitrogen and oxygen atoms in total. The molecule has 3 aromatic rings. The molecule has 2 aliphatic rings. The van der Waals surface area contributed by atoms with Gasteiger partial charge in [0.1, 0.15) is 0 Å². The number of hydrogen-bond donors (Lipinski definition) is 2. The SMILES string of the molecule is CCCCc1cn(C2C(C)CCCCCC2C(=O)O)c(=O)n1CC1(c2cccc(-c3nnn[nH]3)c2)C=CN=CC1. The van der Waals surface area contributed by atoms with Gasteiger partial charge in [0, 0.05) is 41.8 Å². The molecule has 0 saturated heterocycles. The minimum Gasteiger partial charge on any atom is -0.481 e. The quantitative estimate of drug-likeness (QED) is 0.392. The Morgan fingerprint density at radius 2 is 2.08 bits per heavy atom. The zero-order valence-corrected chi connectivity index (χ0v) is 23.4. The predicted octanol–water partition coefficient (Wildman–Crippen LogP) is 4.94. The molecule has 212 valence electrons. The number of aromatic amines is 1. The van der Waals surface area contributed by atoms with E-state index in [0.717, 1.165) is 61.8 Å². The first kappa shape index (κ1) is 27.7. The molecule has 0 radical (unpaired) electrons. The number of rotatable bonds is 9. The first-order valence-electron chi connectivity index (χ1n) is 14.5. The summed E-state index contributed by atoms with van der Waals surface area (Å²) in [5.74, 6) is -0.715. The molecule has 1 aliphatic carbocycles. The summed E-state index contributed by atoms with van der Waals surface area (Å²) in [5, 5.41) is 24.5. The zero-order chi connectivity index (χ0) is 28.1. The lowest BCUT2D eigenvalue weighted by molar-refractivity contribution is -0.144. The molecule has 5 rings (SSSR count). The van der Waals surface area contributed by atoms with E-state index in [0.29, 0.717) is 25.2 Å². The average Bonchev–Trinajstić information content (AvgIpc) is 3.59. The van der Waals surface area contributed by atoms with Gasteiger partial charge in [-0.1, -0.05) is 63.8 Å². The minimum atomic E-state index is -0.810. The Labute approximate surface area is 234 Å². The summed E-state index contributed by atoms with van der Waals surface area (Å²) in [6.07, 6.45) is 15.6. The fourth-order valence-corrected chi connectivity index (χ4v) is 6.46. The van der Waals surface area contributed by atoms with Crippen LogP contribution in [0.25, 0.3) is 11.4 Å². The molecule has 1 aliphatic heterocycles. The van der Waals surface area contributed by atoms with Crippen LogP contribution >= 0.6 is 0 Å². The van der Waals surface area contributed by atoms with Crippen LogP contribution in [0.1, 0.15) is 82.5 Å². The van der Waals surface area contributed by atoms with Crippen LogP contribution < -0.4 is 5.69 Å². The van der Waals surface area contributed by atoms with E-state index >= 15 is 0 Å². The number of nitrogens with zero attached hydrogens (tertiary/aromatic N) is 6. The van der Waals surface area contributed by atoms with Gasteiger partial charge < -0.3 is 5.11 Å². The molecule has 1 saturated carbocycles. The van der Waals surface area contributed by atoms with Gasteiger partial charge in [0.05, 0.1) is 12.0 Å². The van der Waals surface area contributed by atoms with Gasteiger partial charge in [-0.3, -0.25) is 18.9 Å². The standard InChI is InChI=1S/C30H39N7O3/c1-3-4-12-24-19-36(26-21(2)9-6-5-7-13-25(26)28(38)39)29(40)37(24)20-30(14-16-31-17-15-30)23-11-8-10-22(18-23)27-32-34-35-33-27/h8,10-11,14,16-19,21,25-26H,3-7,9,12-13,15,20H2,1-2H3,(H,38,39)(H,32,33,34,35). The van der Waals surface area contributed by atoms with Gasteiger partial charge in [0.15, 0.2) is 5.82 Å². The fourth-order valence-electron chi connectivity index (χ4n) is 6.46. The number of carbonyl (C=O) groups is 1. The molecule has 0 spiro atoms. The number of benzene rings is 1. The van der Waals surface area contributed by atoms with Crippen molar-refractivity contribution in [3.8, 4) is 11.4 Å². The lowest BCUT2D eigenvalue weighted by Gasteiger charge is -2.33. The number of hydrogen-bond acceptors (Lipinski definition) is 6. The van der Waals surface area contributed by atoms with E-state index in [1.54, 1.807) is 10.8 Å². The molecule has 40 heavy (non-hydrogen) atoms. The number of imidazole rings is 1. The van der Waals surface area contributed by atoms with E-state index < -0.39 is 17.3 Å². The molecule has 4 atom stereocenters. The fraction of sp³-hybridized carbons (Fsp3) is 0.533. The van der Waals surface area contributed by atoms with Gasteiger partial charge in [-0.25, -0.2) is 9.89 Å². The largest absolute Gasteiger partial charge is 0.481 e. The summed E-state index contributed by atoms with van der Waals surface area (Å²) in [4.78, 5) is 31.1. The monoisotopic (exact) mass is 545 g/mol. The number of unbranched alkanes of at least 4 members (excludes halogenated alkanes) is 1. The number of allylic oxidation sites excluding steroid dienone is 1. The Morgan fingerprint density at radius 3 is 2.80 bits per heavy atom. The van der Waals surface area contributed by atoms with Crippen molar-refractivity contribution >= 4 is 12.2 Å². The number of nitrogens with one attached hydrogen (secondary N) is 1. The normalized spacial score (nSPS) is 25.0. The van der Waals surface area contributed by atoms with Gasteiger partial charge in [0.25, 0.3) is 0 Å². The number of tetrazole rings is 1. The summed E-state index contributed by atoms with van der Waals surface area (Å²) in [6.45, 7) is 4.67. The zero-order valence-electron chi connectivity index (χ0n) is 23.4. The molecule has 1 fully saturated rings. The molecule has 0 bridgehead atoms. The maximum Gasteiger partial charge on any atom is 0.328 e. The summed E-state index contributed by atoms with van der Waals surface area (Å²) >= 11 is 0. The van der Waals surface area contributed by atoms with Crippen LogP contribution in [0.5, 0.6) is 0 Å². The summed E-state index contributed by atoms with van der Waals surface area (Å²) in [6, 6.07) is 7.71. The van der Waals surface area contributed by atoms with E-state index in [1.807, 2.05) is 29.1 Å². The Hall–Kier alpha value is -3.82. The highest BCUT2D eigenvalue weighted by atomic mass is 16.4. The minimum absolute atomic E-state index is 0.0943. The van der Waals surface area contributed by atoms with Crippen LogP contribution in [0, 0.1) is 11.8 Å². The molecule has 10 heteroatoms. The van der Waals surface area contributed by atoms with Crippen LogP contribution in [-0.4, -0.2) is 47.0 Å². The van der Waals surface area contributed by atoms with Gasteiger partial charge in [-0.2, -0.15) is 0 Å². The van der Waals surface area contributed by atoms with Crippen molar-refractivity contribution in [2.75, 3.05) is 0 Å². The summed E-state index contributed by atoms with van der Waals surface area (Å²) in [5.41, 5.74) is 2.21. The highest BCUT2D eigenvalue weighted by Gasteiger charge is 2.38. The van der Waals surface area contributed by atoms with Crippen molar-refractivity contribution in [3.05, 3.63) is 64.5 Å². The smallest absolute Gasteiger partial charge is 0.328 e. The van der Waals surface area contributed by atoms with Crippen molar-refractivity contribution in [1.82, 2.24) is 29.8 Å².